The van der Waals surface area contributed by atoms with Crippen LogP contribution in [0.5, 0.6) is 0 Å². The molecule has 0 radical (unpaired) electrons. The van der Waals surface area contributed by atoms with Crippen LogP contribution in [0.1, 0.15) is 40.1 Å². The average molecular weight is 305 g/mol. The van der Waals surface area contributed by atoms with Gasteiger partial charge in [-0.1, -0.05) is 0 Å². The van der Waals surface area contributed by atoms with Gasteiger partial charge in [-0.3, -0.25) is 0 Å². The second-order valence-electron chi connectivity index (χ2n) is 4.70. The van der Waals surface area contributed by atoms with Crippen molar-refractivity contribution in [3.8, 4) is 0 Å². The molecule has 0 amide bonds. The molecular formula is C15H19N3O2S. The zero-order valence-corrected chi connectivity index (χ0v) is 13.2. The number of nitrogens with one attached hydrogen (secondary N) is 1. The summed E-state index contributed by atoms with van der Waals surface area (Å²) in [5, 5.41) is 4.27. The van der Waals surface area contributed by atoms with Crippen molar-refractivity contribution in [3.05, 3.63) is 39.8 Å². The summed E-state index contributed by atoms with van der Waals surface area (Å²) >= 11 is 1.63. The Labute approximate surface area is 128 Å². The topological polar surface area (TPSA) is 77.2 Å². The van der Waals surface area contributed by atoms with Crippen LogP contribution in [0.3, 0.4) is 0 Å². The number of hydrogen-bond acceptors (Lipinski definition) is 6. The van der Waals surface area contributed by atoms with Crippen LogP contribution in [0, 0.1) is 6.92 Å². The molecule has 1 heterocycles. The maximum absolute atomic E-state index is 11.8. The van der Waals surface area contributed by atoms with Gasteiger partial charge in [-0.2, -0.15) is 0 Å². The lowest BCUT2D eigenvalue weighted by molar-refractivity contribution is 0.0526. The first-order valence-corrected chi connectivity index (χ1v) is 7.58. The Balaban J connectivity index is 2.19. The number of nitrogen functional groups attached to an aromatic ring is 1. The molecule has 0 aliphatic heterocycles. The summed E-state index contributed by atoms with van der Waals surface area (Å²) < 4.78 is 5.00. The number of thiazole rings is 1. The zero-order chi connectivity index (χ0) is 15.4. The molecule has 112 valence electrons. The largest absolute Gasteiger partial charge is 0.462 e. The molecule has 1 unspecified atom stereocenters. The van der Waals surface area contributed by atoms with E-state index >= 15 is 0 Å². The number of carbonyl (C=O) groups is 1. The minimum absolute atomic E-state index is 0.0171. The third-order valence-electron chi connectivity index (χ3n) is 2.95. The van der Waals surface area contributed by atoms with Gasteiger partial charge in [0, 0.05) is 11.1 Å². The van der Waals surface area contributed by atoms with Crippen molar-refractivity contribution in [2.24, 2.45) is 0 Å². The summed E-state index contributed by atoms with van der Waals surface area (Å²) in [5.74, 6) is -0.349. The molecule has 2 aromatic rings. The number of rotatable bonds is 5. The lowest BCUT2D eigenvalue weighted by atomic mass is 10.1. The van der Waals surface area contributed by atoms with Crippen molar-refractivity contribution < 1.29 is 9.53 Å². The predicted octanol–water partition coefficient (Wildman–Crippen LogP) is 3.38. The summed E-state index contributed by atoms with van der Waals surface area (Å²) in [5.41, 5.74) is 7.74. The first kappa shape index (κ1) is 15.3. The normalized spacial score (nSPS) is 12.0. The number of aromatic nitrogens is 1. The fourth-order valence-corrected chi connectivity index (χ4v) is 2.67. The van der Waals surface area contributed by atoms with E-state index in [-0.39, 0.29) is 12.0 Å². The van der Waals surface area contributed by atoms with Crippen molar-refractivity contribution in [2.75, 3.05) is 17.7 Å². The number of benzene rings is 1. The fourth-order valence-electron chi connectivity index (χ4n) is 1.89. The molecular weight excluding hydrogens is 286 g/mol. The number of nitrogens with zero attached hydrogens (tertiary/aromatic N) is 1. The summed E-state index contributed by atoms with van der Waals surface area (Å²) in [6, 6.07) is 5.10. The second kappa shape index (κ2) is 6.58. The molecule has 3 N–H and O–H groups in total. The van der Waals surface area contributed by atoms with E-state index in [2.05, 4.69) is 10.3 Å². The summed E-state index contributed by atoms with van der Waals surface area (Å²) in [6.45, 7) is 6.15. The van der Waals surface area contributed by atoms with Gasteiger partial charge in [-0.05, 0) is 39.0 Å². The van der Waals surface area contributed by atoms with Gasteiger partial charge in [0.05, 0.1) is 29.6 Å². The van der Waals surface area contributed by atoms with E-state index in [1.807, 2.05) is 20.0 Å². The maximum Gasteiger partial charge on any atom is 0.338 e. The summed E-state index contributed by atoms with van der Waals surface area (Å²) in [4.78, 5) is 17.3. The average Bonchev–Trinajstić information content (AvgIpc) is 2.88. The zero-order valence-electron chi connectivity index (χ0n) is 12.3. The van der Waals surface area contributed by atoms with Gasteiger partial charge < -0.3 is 15.8 Å². The molecule has 0 fully saturated rings. The Morgan fingerprint density at radius 3 is 2.90 bits per heavy atom. The van der Waals surface area contributed by atoms with Crippen molar-refractivity contribution >= 4 is 28.7 Å². The number of hydrogen-bond donors (Lipinski definition) is 2. The highest BCUT2D eigenvalue weighted by Gasteiger charge is 2.13. The number of esters is 1. The van der Waals surface area contributed by atoms with Crippen LogP contribution in [0.2, 0.25) is 0 Å². The van der Waals surface area contributed by atoms with Crippen molar-refractivity contribution in [1.29, 1.82) is 0 Å². The van der Waals surface area contributed by atoms with Crippen LogP contribution in [0.25, 0.3) is 0 Å². The highest BCUT2D eigenvalue weighted by Crippen LogP contribution is 2.27. The molecule has 1 aromatic carbocycles. The Hall–Kier alpha value is -2.08. The summed E-state index contributed by atoms with van der Waals surface area (Å²) in [6.07, 6.45) is 1.84. The lowest BCUT2D eigenvalue weighted by Gasteiger charge is -2.15. The van der Waals surface area contributed by atoms with Crippen molar-refractivity contribution in [3.63, 3.8) is 0 Å². The standard InChI is InChI=1S/C15H19N3O2S/c1-4-20-15(19)11-5-6-12(16)13(7-11)18-10(3)14-17-8-9(2)21-14/h5-8,10,18H,4,16H2,1-3H3. The van der Waals surface area contributed by atoms with Crippen LogP contribution >= 0.6 is 11.3 Å². The van der Waals surface area contributed by atoms with Crippen molar-refractivity contribution in [1.82, 2.24) is 4.98 Å². The van der Waals surface area contributed by atoms with E-state index in [9.17, 15) is 4.79 Å². The van der Waals surface area contributed by atoms with Gasteiger partial charge in [0.25, 0.3) is 0 Å². The lowest BCUT2D eigenvalue weighted by Crippen LogP contribution is -2.10. The highest BCUT2D eigenvalue weighted by atomic mass is 32.1. The molecule has 21 heavy (non-hydrogen) atoms. The molecule has 0 bridgehead atoms. The molecule has 0 spiro atoms. The van der Waals surface area contributed by atoms with Crippen LogP contribution in [0.4, 0.5) is 11.4 Å². The fraction of sp³-hybridized carbons (Fsp3) is 0.333. The van der Waals surface area contributed by atoms with E-state index in [1.54, 1.807) is 36.5 Å². The van der Waals surface area contributed by atoms with Gasteiger partial charge in [0.1, 0.15) is 5.01 Å². The third-order valence-corrected chi connectivity index (χ3v) is 4.04. The van der Waals surface area contributed by atoms with E-state index in [4.69, 9.17) is 10.5 Å². The van der Waals surface area contributed by atoms with Gasteiger partial charge in [0.15, 0.2) is 0 Å². The number of aryl methyl sites for hydroxylation is 1. The van der Waals surface area contributed by atoms with E-state index in [1.165, 1.54) is 0 Å². The first-order chi connectivity index (χ1) is 10.0. The van der Waals surface area contributed by atoms with Gasteiger partial charge in [-0.25, -0.2) is 9.78 Å². The smallest absolute Gasteiger partial charge is 0.338 e. The minimum atomic E-state index is -0.349. The molecule has 0 saturated heterocycles. The van der Waals surface area contributed by atoms with Gasteiger partial charge in [0.2, 0.25) is 0 Å². The minimum Gasteiger partial charge on any atom is -0.462 e. The van der Waals surface area contributed by atoms with Crippen LogP contribution in [-0.4, -0.2) is 17.6 Å². The Morgan fingerprint density at radius 1 is 1.52 bits per heavy atom. The molecule has 6 heteroatoms. The van der Waals surface area contributed by atoms with E-state index in [0.717, 1.165) is 9.88 Å². The quantitative estimate of drug-likeness (QED) is 0.654. The Bertz CT molecular complexity index is 640. The molecule has 0 aliphatic carbocycles. The highest BCUT2D eigenvalue weighted by molar-refractivity contribution is 7.11. The van der Waals surface area contributed by atoms with E-state index < -0.39 is 0 Å². The Morgan fingerprint density at radius 2 is 2.29 bits per heavy atom. The Kier molecular flexibility index (Phi) is 4.80. The summed E-state index contributed by atoms with van der Waals surface area (Å²) in [7, 11) is 0. The molecule has 2 rings (SSSR count). The van der Waals surface area contributed by atoms with Crippen LogP contribution in [0.15, 0.2) is 24.4 Å². The third kappa shape index (κ3) is 3.72. The molecule has 1 atom stereocenters. The number of carbonyl (C=O) groups excluding carboxylic acids is 1. The number of ether oxygens (including phenoxy) is 1. The van der Waals surface area contributed by atoms with Crippen molar-refractivity contribution in [2.45, 2.75) is 26.8 Å². The van der Waals surface area contributed by atoms with Gasteiger partial charge >= 0.3 is 5.97 Å². The molecule has 1 aromatic heterocycles. The monoisotopic (exact) mass is 305 g/mol. The number of nitrogens with two attached hydrogens (primary N) is 1. The predicted molar refractivity (Wildman–Crippen MR) is 85.7 cm³/mol. The van der Waals surface area contributed by atoms with Crippen LogP contribution < -0.4 is 11.1 Å². The molecule has 0 aliphatic rings. The molecule has 0 saturated carbocycles. The number of anilines is 2. The van der Waals surface area contributed by atoms with Gasteiger partial charge in [-0.15, -0.1) is 11.3 Å². The van der Waals surface area contributed by atoms with E-state index in [0.29, 0.717) is 23.5 Å². The first-order valence-electron chi connectivity index (χ1n) is 6.76. The maximum atomic E-state index is 11.8. The SMILES string of the molecule is CCOC(=O)c1ccc(N)c(NC(C)c2ncc(C)s2)c1. The van der Waals surface area contributed by atoms with Crippen LogP contribution in [-0.2, 0) is 4.74 Å². The molecule has 5 nitrogen and oxygen atoms in total. The second-order valence-corrected chi connectivity index (χ2v) is 5.96.